The fourth-order valence-corrected chi connectivity index (χ4v) is 9.69. The molecule has 0 unspecified atom stereocenters. The summed E-state index contributed by atoms with van der Waals surface area (Å²) in [6.45, 7) is 0. The summed E-state index contributed by atoms with van der Waals surface area (Å²) in [5, 5.41) is 5.06. The number of hydrogen-bond donors (Lipinski definition) is 0. The Bertz CT molecular complexity index is 3260. The van der Waals surface area contributed by atoms with Gasteiger partial charge in [0.1, 0.15) is 0 Å². The molecule has 0 N–H and O–H groups in total. The molecule has 0 spiro atoms. The van der Waals surface area contributed by atoms with E-state index in [2.05, 4.69) is 205 Å². The third kappa shape index (κ3) is 5.96. The molecule has 288 valence electrons. The molecule has 12 rings (SSSR count). The van der Waals surface area contributed by atoms with Crippen LogP contribution in [0.25, 0.3) is 122 Å². The summed E-state index contributed by atoms with van der Waals surface area (Å²) in [5.41, 5.74) is 21.1. The Morgan fingerprint density at radius 2 is 0.710 bits per heavy atom. The monoisotopic (exact) mass is 786 g/mol. The molecule has 1 aliphatic carbocycles. The van der Waals surface area contributed by atoms with Crippen molar-refractivity contribution < 1.29 is 0 Å². The van der Waals surface area contributed by atoms with Crippen molar-refractivity contribution in [3.63, 3.8) is 0 Å². The van der Waals surface area contributed by atoms with E-state index in [1.807, 2.05) is 30.6 Å². The highest BCUT2D eigenvalue weighted by Crippen LogP contribution is 2.58. The summed E-state index contributed by atoms with van der Waals surface area (Å²) in [6, 6.07) is 79.2. The standard InChI is InChI=1S/C60H38N2/c1-4-15-39(16-5-1)40-26-28-41(29-27-40)45-35-46(44-30-33-55(62-38-44)54-25-12-13-34-61-54)37-47(36-45)48-31-32-53-58-49(48)23-14-24-52(58)59-56(42-17-6-2-7-18-42)50-21-10-11-22-51(50)57(60(53)59)43-19-8-3-9-20-43/h1-38H. The first-order valence-corrected chi connectivity index (χ1v) is 21.2. The average molecular weight is 787 g/mol. The number of hydrogen-bond acceptors (Lipinski definition) is 2. The van der Waals surface area contributed by atoms with Crippen molar-refractivity contribution in [1.82, 2.24) is 9.97 Å². The summed E-state index contributed by atoms with van der Waals surface area (Å²) < 4.78 is 0. The van der Waals surface area contributed by atoms with E-state index in [1.54, 1.807) is 0 Å². The van der Waals surface area contributed by atoms with Gasteiger partial charge in [0.2, 0.25) is 0 Å². The van der Waals surface area contributed by atoms with Crippen LogP contribution in [0.1, 0.15) is 0 Å². The normalized spacial score (nSPS) is 11.5. The fourth-order valence-electron chi connectivity index (χ4n) is 9.69. The Labute approximate surface area is 361 Å². The molecule has 2 aromatic heterocycles. The first kappa shape index (κ1) is 35.7. The molecule has 1 aliphatic rings. The van der Waals surface area contributed by atoms with Gasteiger partial charge >= 0.3 is 0 Å². The van der Waals surface area contributed by atoms with Crippen molar-refractivity contribution in [2.24, 2.45) is 0 Å². The lowest BCUT2D eigenvalue weighted by atomic mass is 9.82. The van der Waals surface area contributed by atoms with Gasteiger partial charge in [0, 0.05) is 18.0 Å². The molecule has 0 saturated carbocycles. The quantitative estimate of drug-likeness (QED) is 0.161. The number of aromatic nitrogens is 2. The lowest BCUT2D eigenvalue weighted by molar-refractivity contribution is 1.25. The van der Waals surface area contributed by atoms with Crippen LogP contribution in [0, 0.1) is 0 Å². The van der Waals surface area contributed by atoms with Gasteiger partial charge in [-0.05, 0) is 141 Å². The summed E-state index contributed by atoms with van der Waals surface area (Å²) in [5.74, 6) is 0. The topological polar surface area (TPSA) is 25.8 Å². The molecule has 2 heterocycles. The Morgan fingerprint density at radius 1 is 0.242 bits per heavy atom. The summed E-state index contributed by atoms with van der Waals surface area (Å²) >= 11 is 0. The Kier molecular flexibility index (Phi) is 8.53. The van der Waals surface area contributed by atoms with Crippen LogP contribution < -0.4 is 0 Å². The number of benzene rings is 9. The zero-order valence-electron chi connectivity index (χ0n) is 33.8. The van der Waals surface area contributed by atoms with Gasteiger partial charge < -0.3 is 0 Å². The fraction of sp³-hybridized carbons (Fsp3) is 0. The second-order valence-electron chi connectivity index (χ2n) is 16.1. The molecule has 0 fully saturated rings. The van der Waals surface area contributed by atoms with E-state index in [0.29, 0.717) is 0 Å². The molecule has 0 radical (unpaired) electrons. The van der Waals surface area contributed by atoms with Crippen LogP contribution in [-0.2, 0) is 0 Å². The van der Waals surface area contributed by atoms with Gasteiger partial charge in [0.05, 0.1) is 11.4 Å². The van der Waals surface area contributed by atoms with Gasteiger partial charge in [-0.1, -0.05) is 182 Å². The average Bonchev–Trinajstić information content (AvgIpc) is 3.69. The van der Waals surface area contributed by atoms with Gasteiger partial charge in [0.15, 0.2) is 0 Å². The molecule has 2 nitrogen and oxygen atoms in total. The molecule has 2 heteroatoms. The van der Waals surface area contributed by atoms with Crippen LogP contribution in [0.4, 0.5) is 0 Å². The van der Waals surface area contributed by atoms with Gasteiger partial charge in [0.25, 0.3) is 0 Å². The zero-order chi connectivity index (χ0) is 41.0. The van der Waals surface area contributed by atoms with E-state index in [9.17, 15) is 0 Å². The van der Waals surface area contributed by atoms with Crippen molar-refractivity contribution in [1.29, 1.82) is 0 Å². The van der Waals surface area contributed by atoms with Crippen molar-refractivity contribution in [3.05, 3.63) is 231 Å². The van der Waals surface area contributed by atoms with Crippen molar-refractivity contribution in [2.75, 3.05) is 0 Å². The third-order valence-corrected chi connectivity index (χ3v) is 12.5. The number of rotatable bonds is 7. The van der Waals surface area contributed by atoms with Crippen molar-refractivity contribution >= 4 is 21.5 Å². The number of pyridine rings is 2. The molecular weight excluding hydrogens is 749 g/mol. The van der Waals surface area contributed by atoms with E-state index >= 15 is 0 Å². The van der Waals surface area contributed by atoms with Crippen molar-refractivity contribution in [3.8, 4) is 100 Å². The van der Waals surface area contributed by atoms with Crippen LogP contribution in [0.3, 0.4) is 0 Å². The third-order valence-electron chi connectivity index (χ3n) is 12.5. The van der Waals surface area contributed by atoms with E-state index in [-0.39, 0.29) is 0 Å². The summed E-state index contributed by atoms with van der Waals surface area (Å²) in [7, 11) is 0. The van der Waals surface area contributed by atoms with Gasteiger partial charge in [-0.15, -0.1) is 0 Å². The molecule has 62 heavy (non-hydrogen) atoms. The van der Waals surface area contributed by atoms with Crippen LogP contribution in [-0.4, -0.2) is 9.97 Å². The van der Waals surface area contributed by atoms with Crippen LogP contribution >= 0.6 is 0 Å². The van der Waals surface area contributed by atoms with E-state index < -0.39 is 0 Å². The van der Waals surface area contributed by atoms with E-state index in [1.165, 1.54) is 82.7 Å². The molecule has 11 aromatic rings. The largest absolute Gasteiger partial charge is 0.255 e. The highest BCUT2D eigenvalue weighted by atomic mass is 14.8. The van der Waals surface area contributed by atoms with Crippen molar-refractivity contribution in [2.45, 2.75) is 0 Å². The minimum absolute atomic E-state index is 0.853. The lowest BCUT2D eigenvalue weighted by Gasteiger charge is -2.20. The first-order chi connectivity index (χ1) is 30.8. The molecule has 0 atom stereocenters. The minimum Gasteiger partial charge on any atom is -0.255 e. The smallest absolute Gasteiger partial charge is 0.0886 e. The van der Waals surface area contributed by atoms with Crippen LogP contribution in [0.2, 0.25) is 0 Å². The second kappa shape index (κ2) is 14.8. The van der Waals surface area contributed by atoms with Crippen LogP contribution in [0.5, 0.6) is 0 Å². The highest BCUT2D eigenvalue weighted by molar-refractivity contribution is 6.28. The summed E-state index contributed by atoms with van der Waals surface area (Å²) in [6.07, 6.45) is 3.80. The van der Waals surface area contributed by atoms with Crippen LogP contribution in [0.15, 0.2) is 231 Å². The molecular formula is C60H38N2. The molecule has 0 amide bonds. The Morgan fingerprint density at radius 3 is 1.31 bits per heavy atom. The molecule has 0 bridgehead atoms. The maximum atomic E-state index is 4.91. The SMILES string of the molecule is c1ccc(-c2ccc(-c3cc(-c4ccc(-c5ccccn5)nc4)cc(-c4ccc5c6c(cccc46)-c4c-5c(-c5ccccc5)c5ccccc5c4-c4ccccc4)c3)cc2)cc1. The lowest BCUT2D eigenvalue weighted by Crippen LogP contribution is -1.93. The maximum absolute atomic E-state index is 4.91. The number of nitrogens with zero attached hydrogens (tertiary/aromatic N) is 2. The predicted molar refractivity (Wildman–Crippen MR) is 260 cm³/mol. The highest BCUT2D eigenvalue weighted by Gasteiger charge is 2.31. The van der Waals surface area contributed by atoms with Gasteiger partial charge in [-0.2, -0.15) is 0 Å². The maximum Gasteiger partial charge on any atom is 0.0886 e. The minimum atomic E-state index is 0.853. The Hall–Kier alpha value is -8.20. The van der Waals surface area contributed by atoms with Gasteiger partial charge in [-0.3, -0.25) is 9.97 Å². The summed E-state index contributed by atoms with van der Waals surface area (Å²) in [4.78, 5) is 9.46. The Balaban J connectivity index is 1.08. The molecule has 0 saturated heterocycles. The van der Waals surface area contributed by atoms with E-state index in [0.717, 1.165) is 39.2 Å². The first-order valence-electron chi connectivity index (χ1n) is 21.2. The molecule has 0 aliphatic heterocycles. The zero-order valence-corrected chi connectivity index (χ0v) is 33.8. The van der Waals surface area contributed by atoms with E-state index in [4.69, 9.17) is 4.98 Å². The predicted octanol–water partition coefficient (Wildman–Crippen LogP) is 16.1. The van der Waals surface area contributed by atoms with Gasteiger partial charge in [-0.25, -0.2) is 0 Å². The second-order valence-corrected chi connectivity index (χ2v) is 16.1. The number of fused-ring (bicyclic) bond motifs is 4. The molecule has 9 aromatic carbocycles.